The maximum Gasteiger partial charge on any atom is 0.305 e. The van der Waals surface area contributed by atoms with Crippen molar-refractivity contribution in [3.05, 3.63) is 38.8 Å². The first kappa shape index (κ1) is 16.9. The van der Waals surface area contributed by atoms with Gasteiger partial charge in [-0.2, -0.15) is 0 Å². The van der Waals surface area contributed by atoms with E-state index in [2.05, 4.69) is 15.2 Å². The molecule has 2 heterocycles. The average Bonchev–Trinajstić information content (AvgIpc) is 2.73. The van der Waals surface area contributed by atoms with Gasteiger partial charge >= 0.3 is 4.87 Å². The number of aromatic nitrogens is 1. The summed E-state index contributed by atoms with van der Waals surface area (Å²) in [6, 6.07) is 7.62. The van der Waals surface area contributed by atoms with E-state index in [0.29, 0.717) is 0 Å². The Hall–Kier alpha value is -1.92. The third-order valence-electron chi connectivity index (χ3n) is 4.26. The molecule has 1 amide bonds. The summed E-state index contributed by atoms with van der Waals surface area (Å²) in [5, 5.41) is 2.79. The smallest absolute Gasteiger partial charge is 0.305 e. The Morgan fingerprint density at radius 2 is 2.00 bits per heavy atom. The molecule has 0 saturated carbocycles. The highest BCUT2D eigenvalue weighted by molar-refractivity contribution is 7.09. The van der Waals surface area contributed by atoms with E-state index in [1.807, 2.05) is 24.3 Å². The Morgan fingerprint density at radius 3 is 2.71 bits per heavy atom. The van der Waals surface area contributed by atoms with Crippen molar-refractivity contribution in [1.29, 1.82) is 0 Å². The minimum absolute atomic E-state index is 0.0280. The van der Waals surface area contributed by atoms with Crippen molar-refractivity contribution in [3.63, 3.8) is 0 Å². The van der Waals surface area contributed by atoms with Gasteiger partial charge in [0.15, 0.2) is 0 Å². The highest BCUT2D eigenvalue weighted by Crippen LogP contribution is 2.27. The molecule has 1 saturated heterocycles. The molecule has 5 nitrogen and oxygen atoms in total. The molecular weight excluding hydrogens is 322 g/mol. The summed E-state index contributed by atoms with van der Waals surface area (Å²) >= 11 is 1.29. The van der Waals surface area contributed by atoms with Crippen molar-refractivity contribution in [2.75, 3.05) is 18.4 Å². The summed E-state index contributed by atoms with van der Waals surface area (Å²) in [5.74, 6) is -0.101. The molecule has 1 aliphatic rings. The zero-order valence-corrected chi connectivity index (χ0v) is 14.7. The molecule has 1 aliphatic heterocycles. The van der Waals surface area contributed by atoms with E-state index in [0.717, 1.165) is 41.5 Å². The van der Waals surface area contributed by atoms with Gasteiger partial charge in [-0.1, -0.05) is 36.3 Å². The molecule has 24 heavy (non-hydrogen) atoms. The van der Waals surface area contributed by atoms with Crippen LogP contribution in [0.3, 0.4) is 0 Å². The van der Waals surface area contributed by atoms with Gasteiger partial charge in [-0.15, -0.1) is 0 Å². The van der Waals surface area contributed by atoms with Crippen LogP contribution in [-0.2, 0) is 11.3 Å². The van der Waals surface area contributed by atoms with Crippen LogP contribution in [0, 0.1) is 0 Å². The Kier molecular flexibility index (Phi) is 5.48. The second-order valence-electron chi connectivity index (χ2n) is 6.27. The van der Waals surface area contributed by atoms with E-state index in [4.69, 9.17) is 0 Å². The van der Waals surface area contributed by atoms with Crippen molar-refractivity contribution >= 4 is 22.9 Å². The number of amides is 1. The van der Waals surface area contributed by atoms with E-state index in [1.165, 1.54) is 43.9 Å². The summed E-state index contributed by atoms with van der Waals surface area (Å²) in [5.41, 5.74) is 2.55. The average molecular weight is 345 g/mol. The van der Waals surface area contributed by atoms with Gasteiger partial charge in [-0.05, 0) is 38.1 Å². The molecule has 0 bridgehead atoms. The molecule has 0 spiro atoms. The standard InChI is InChI=1S/C18H23N3O2S/c1-13(22)19-15-8-6-7-14(11-15)17-16(24-18(23)20-17)12-21-9-4-2-3-5-10-21/h6-8,11H,2-5,9-10,12H2,1H3,(H,19,22)(H,20,23). The van der Waals surface area contributed by atoms with Crippen molar-refractivity contribution in [1.82, 2.24) is 9.88 Å². The van der Waals surface area contributed by atoms with E-state index < -0.39 is 0 Å². The number of aromatic amines is 1. The summed E-state index contributed by atoms with van der Waals surface area (Å²) in [7, 11) is 0. The monoisotopic (exact) mass is 345 g/mol. The van der Waals surface area contributed by atoms with E-state index in [9.17, 15) is 9.59 Å². The van der Waals surface area contributed by atoms with Crippen LogP contribution in [0.25, 0.3) is 11.3 Å². The number of nitrogens with zero attached hydrogens (tertiary/aromatic N) is 1. The quantitative estimate of drug-likeness (QED) is 0.892. The maximum absolute atomic E-state index is 11.9. The molecule has 128 valence electrons. The van der Waals surface area contributed by atoms with E-state index in [1.54, 1.807) is 0 Å². The van der Waals surface area contributed by atoms with Crippen molar-refractivity contribution < 1.29 is 4.79 Å². The topological polar surface area (TPSA) is 65.2 Å². The first-order valence-electron chi connectivity index (χ1n) is 8.44. The van der Waals surface area contributed by atoms with Gasteiger partial charge < -0.3 is 10.3 Å². The number of likely N-dealkylation sites (tertiary alicyclic amines) is 1. The van der Waals surface area contributed by atoms with Crippen LogP contribution in [-0.4, -0.2) is 28.9 Å². The largest absolute Gasteiger partial charge is 0.326 e. The number of hydrogen-bond donors (Lipinski definition) is 2. The highest BCUT2D eigenvalue weighted by Gasteiger charge is 2.16. The summed E-state index contributed by atoms with van der Waals surface area (Å²) in [6.07, 6.45) is 5.05. The number of hydrogen-bond acceptors (Lipinski definition) is 4. The van der Waals surface area contributed by atoms with Gasteiger partial charge in [0.2, 0.25) is 5.91 Å². The normalized spacial score (nSPS) is 15.9. The third kappa shape index (κ3) is 4.33. The lowest BCUT2D eigenvalue weighted by Gasteiger charge is -2.19. The Labute approximate surface area is 145 Å². The number of rotatable bonds is 4. The maximum atomic E-state index is 11.9. The Balaban J connectivity index is 1.85. The molecule has 2 aromatic rings. The molecule has 0 atom stereocenters. The van der Waals surface area contributed by atoms with E-state index in [-0.39, 0.29) is 10.8 Å². The fourth-order valence-corrected chi connectivity index (χ4v) is 4.05. The van der Waals surface area contributed by atoms with Gasteiger partial charge in [0.05, 0.1) is 5.69 Å². The summed E-state index contributed by atoms with van der Waals surface area (Å²) < 4.78 is 0. The first-order chi connectivity index (χ1) is 11.6. The second kappa shape index (κ2) is 7.77. The van der Waals surface area contributed by atoms with Gasteiger partial charge in [0.1, 0.15) is 0 Å². The lowest BCUT2D eigenvalue weighted by Crippen LogP contribution is -2.23. The van der Waals surface area contributed by atoms with Crippen LogP contribution in [0.5, 0.6) is 0 Å². The fourth-order valence-electron chi connectivity index (χ4n) is 3.16. The number of H-pyrrole nitrogens is 1. The SMILES string of the molecule is CC(=O)Nc1cccc(-c2[nH]c(=O)sc2CN2CCCCCC2)c1. The number of carbonyl (C=O) groups is 1. The van der Waals surface area contributed by atoms with Crippen LogP contribution < -0.4 is 10.2 Å². The van der Waals surface area contributed by atoms with Crippen LogP contribution in [0.1, 0.15) is 37.5 Å². The number of anilines is 1. The number of benzene rings is 1. The zero-order valence-electron chi connectivity index (χ0n) is 13.9. The molecule has 2 N–H and O–H groups in total. The number of thiazole rings is 1. The fraction of sp³-hybridized carbons (Fsp3) is 0.444. The minimum Gasteiger partial charge on any atom is -0.326 e. The Morgan fingerprint density at radius 1 is 1.25 bits per heavy atom. The van der Waals surface area contributed by atoms with Gasteiger partial charge in [0.25, 0.3) is 0 Å². The van der Waals surface area contributed by atoms with Gasteiger partial charge in [0, 0.05) is 29.6 Å². The predicted octanol–water partition coefficient (Wildman–Crippen LogP) is 3.44. The number of carbonyl (C=O) groups excluding carboxylic acids is 1. The molecule has 3 rings (SSSR count). The van der Waals surface area contributed by atoms with Gasteiger partial charge in [-0.25, -0.2) is 0 Å². The number of nitrogens with one attached hydrogen (secondary N) is 2. The molecule has 1 aromatic heterocycles. The predicted molar refractivity (Wildman–Crippen MR) is 98.4 cm³/mol. The van der Waals surface area contributed by atoms with Crippen LogP contribution >= 0.6 is 11.3 Å². The van der Waals surface area contributed by atoms with Crippen molar-refractivity contribution in [3.8, 4) is 11.3 Å². The van der Waals surface area contributed by atoms with Crippen molar-refractivity contribution in [2.24, 2.45) is 0 Å². The summed E-state index contributed by atoms with van der Waals surface area (Å²) in [4.78, 5) is 29.6. The van der Waals surface area contributed by atoms with E-state index >= 15 is 0 Å². The molecule has 1 fully saturated rings. The molecule has 0 unspecified atom stereocenters. The second-order valence-corrected chi connectivity index (χ2v) is 7.33. The van der Waals surface area contributed by atoms with Crippen LogP contribution in [0.2, 0.25) is 0 Å². The molecule has 0 aliphatic carbocycles. The lowest BCUT2D eigenvalue weighted by molar-refractivity contribution is -0.114. The lowest BCUT2D eigenvalue weighted by atomic mass is 10.1. The van der Waals surface area contributed by atoms with Crippen LogP contribution in [0.4, 0.5) is 5.69 Å². The van der Waals surface area contributed by atoms with Crippen LogP contribution in [0.15, 0.2) is 29.1 Å². The van der Waals surface area contributed by atoms with Crippen molar-refractivity contribution in [2.45, 2.75) is 39.2 Å². The molecule has 6 heteroatoms. The molecular formula is C18H23N3O2S. The highest BCUT2D eigenvalue weighted by atomic mass is 32.1. The zero-order chi connectivity index (χ0) is 16.9. The Bertz CT molecular complexity index is 758. The molecule has 1 aromatic carbocycles. The third-order valence-corrected chi connectivity index (χ3v) is 5.13. The first-order valence-corrected chi connectivity index (χ1v) is 9.26. The molecule has 0 radical (unpaired) electrons. The van der Waals surface area contributed by atoms with Gasteiger partial charge in [-0.3, -0.25) is 14.5 Å². The minimum atomic E-state index is -0.101. The summed E-state index contributed by atoms with van der Waals surface area (Å²) in [6.45, 7) is 4.49.